The molecule has 7 heteroatoms. The van der Waals surface area contributed by atoms with Gasteiger partial charge in [-0.25, -0.2) is 4.39 Å². The molecule has 2 aromatic carbocycles. The van der Waals surface area contributed by atoms with E-state index in [9.17, 15) is 19.6 Å². The highest BCUT2D eigenvalue weighted by Gasteiger charge is 2.51. The van der Waals surface area contributed by atoms with Crippen LogP contribution in [0.2, 0.25) is 5.02 Å². The molecule has 0 saturated carbocycles. The van der Waals surface area contributed by atoms with Gasteiger partial charge in [0.15, 0.2) is 5.72 Å². The molecule has 0 radical (unpaired) electrons. The van der Waals surface area contributed by atoms with Crippen LogP contribution in [0, 0.1) is 17.1 Å². The second kappa shape index (κ2) is 6.68. The smallest absolute Gasteiger partial charge is 0.231 e. The number of fused-ring (bicyclic) bond motifs is 1. The van der Waals surface area contributed by atoms with Crippen LogP contribution in [-0.2, 0) is 10.5 Å². The first kappa shape index (κ1) is 18.1. The number of hydrogen-bond acceptors (Lipinski definition) is 4. The normalized spacial score (nSPS) is 24.7. The fourth-order valence-electron chi connectivity index (χ4n) is 3.54. The van der Waals surface area contributed by atoms with Crippen LogP contribution in [0.15, 0.2) is 59.1 Å². The summed E-state index contributed by atoms with van der Waals surface area (Å²) >= 11 is 7.20. The van der Waals surface area contributed by atoms with Gasteiger partial charge in [-0.3, -0.25) is 9.69 Å². The summed E-state index contributed by atoms with van der Waals surface area (Å²) in [6.07, 6.45) is 0.0362. The minimum atomic E-state index is -1.53. The van der Waals surface area contributed by atoms with Gasteiger partial charge in [0, 0.05) is 22.9 Å². The van der Waals surface area contributed by atoms with E-state index in [1.165, 1.54) is 28.8 Å². The Morgan fingerprint density at radius 1 is 1.22 bits per heavy atom. The molecule has 2 aromatic rings. The third-order valence-corrected chi connectivity index (χ3v) is 6.36. The van der Waals surface area contributed by atoms with Gasteiger partial charge < -0.3 is 5.11 Å². The van der Waals surface area contributed by atoms with Crippen molar-refractivity contribution >= 4 is 29.3 Å². The Balaban J connectivity index is 1.79. The van der Waals surface area contributed by atoms with E-state index in [-0.39, 0.29) is 23.9 Å². The molecule has 2 aliphatic heterocycles. The third kappa shape index (κ3) is 2.92. The molecule has 1 N–H and O–H groups in total. The van der Waals surface area contributed by atoms with E-state index in [4.69, 9.17) is 11.6 Å². The number of amides is 1. The molecule has 0 spiro atoms. The number of nitriles is 1. The Morgan fingerprint density at radius 3 is 2.52 bits per heavy atom. The monoisotopic (exact) mass is 400 g/mol. The van der Waals surface area contributed by atoms with Crippen LogP contribution in [-0.4, -0.2) is 21.7 Å². The first-order valence-corrected chi connectivity index (χ1v) is 9.64. The number of allylic oxidation sites excluding steroid dienone is 1. The van der Waals surface area contributed by atoms with E-state index in [1.54, 1.807) is 36.4 Å². The molecule has 1 amide bonds. The Hall–Kier alpha value is -2.33. The van der Waals surface area contributed by atoms with Crippen molar-refractivity contribution in [2.45, 2.75) is 18.1 Å². The number of halogens is 2. The highest BCUT2D eigenvalue weighted by atomic mass is 35.5. The van der Waals surface area contributed by atoms with Gasteiger partial charge >= 0.3 is 0 Å². The van der Waals surface area contributed by atoms with Gasteiger partial charge in [-0.2, -0.15) is 5.26 Å². The van der Waals surface area contributed by atoms with Gasteiger partial charge in [-0.05, 0) is 29.8 Å². The SMILES string of the molecule is N#CC1=C2SC[C@@](O)(c3ccc(Cl)cc3)N2C(=O)C[C@H]1c1ccc(F)cc1. The first-order valence-electron chi connectivity index (χ1n) is 8.28. The Bertz CT molecular complexity index is 985. The number of carbonyl (C=O) groups excluding carboxylic acids is 1. The minimum Gasteiger partial charge on any atom is -0.366 e. The van der Waals surface area contributed by atoms with E-state index in [1.807, 2.05) is 0 Å². The second-order valence-corrected chi connectivity index (χ2v) is 7.88. The molecule has 0 aromatic heterocycles. The van der Waals surface area contributed by atoms with Gasteiger partial charge in [0.25, 0.3) is 0 Å². The fourth-order valence-corrected chi connectivity index (χ4v) is 5.02. The number of rotatable bonds is 2. The predicted octanol–water partition coefficient (Wildman–Crippen LogP) is 4.12. The van der Waals surface area contributed by atoms with Gasteiger partial charge in [-0.1, -0.05) is 35.9 Å². The van der Waals surface area contributed by atoms with Gasteiger partial charge in [0.05, 0.1) is 22.4 Å². The zero-order chi connectivity index (χ0) is 19.2. The Morgan fingerprint density at radius 2 is 1.89 bits per heavy atom. The molecule has 4 rings (SSSR count). The lowest BCUT2D eigenvalue weighted by Gasteiger charge is -2.38. The van der Waals surface area contributed by atoms with E-state index < -0.39 is 11.6 Å². The van der Waals surface area contributed by atoms with Crippen molar-refractivity contribution in [3.8, 4) is 6.07 Å². The summed E-state index contributed by atoms with van der Waals surface area (Å²) in [5.74, 6) is -0.881. The highest BCUT2D eigenvalue weighted by molar-refractivity contribution is 8.03. The summed E-state index contributed by atoms with van der Waals surface area (Å²) in [6.45, 7) is 0. The molecule has 4 nitrogen and oxygen atoms in total. The molecule has 1 fully saturated rings. The number of thioether (sulfide) groups is 1. The quantitative estimate of drug-likeness (QED) is 0.823. The van der Waals surface area contributed by atoms with Crippen molar-refractivity contribution in [3.05, 3.63) is 81.1 Å². The van der Waals surface area contributed by atoms with Crippen LogP contribution < -0.4 is 0 Å². The first-order chi connectivity index (χ1) is 12.9. The van der Waals surface area contributed by atoms with E-state index >= 15 is 0 Å². The maximum atomic E-state index is 13.2. The zero-order valence-corrected chi connectivity index (χ0v) is 15.6. The zero-order valence-electron chi connectivity index (χ0n) is 14.0. The van der Waals surface area contributed by atoms with Crippen LogP contribution in [0.4, 0.5) is 4.39 Å². The summed E-state index contributed by atoms with van der Waals surface area (Å²) in [5, 5.41) is 22.0. The number of nitrogens with zero attached hydrogens (tertiary/aromatic N) is 2. The number of aliphatic hydroxyl groups is 1. The van der Waals surface area contributed by atoms with Crippen molar-refractivity contribution in [1.82, 2.24) is 4.90 Å². The van der Waals surface area contributed by atoms with Crippen LogP contribution in [0.3, 0.4) is 0 Å². The van der Waals surface area contributed by atoms with E-state index in [0.29, 0.717) is 26.8 Å². The van der Waals surface area contributed by atoms with Gasteiger partial charge in [-0.15, -0.1) is 11.8 Å². The molecule has 0 aliphatic carbocycles. The van der Waals surface area contributed by atoms with Gasteiger partial charge in [0.2, 0.25) is 5.91 Å². The lowest BCUT2D eigenvalue weighted by atomic mass is 9.85. The summed E-state index contributed by atoms with van der Waals surface area (Å²) in [7, 11) is 0. The molecule has 2 heterocycles. The lowest BCUT2D eigenvalue weighted by molar-refractivity contribution is -0.149. The summed E-state index contributed by atoms with van der Waals surface area (Å²) in [5.41, 5.74) is 0.129. The minimum absolute atomic E-state index is 0.0362. The van der Waals surface area contributed by atoms with E-state index in [0.717, 1.165) is 0 Å². The second-order valence-electron chi connectivity index (χ2n) is 6.48. The summed E-state index contributed by atoms with van der Waals surface area (Å²) < 4.78 is 13.2. The van der Waals surface area contributed by atoms with Crippen LogP contribution in [0.25, 0.3) is 0 Å². The maximum absolute atomic E-state index is 13.2. The Labute approximate surface area is 164 Å². The molecule has 2 aliphatic rings. The highest BCUT2D eigenvalue weighted by Crippen LogP contribution is 2.51. The molecule has 0 bridgehead atoms. The van der Waals surface area contributed by atoms with Crippen molar-refractivity contribution < 1.29 is 14.3 Å². The van der Waals surface area contributed by atoms with Crippen LogP contribution in [0.5, 0.6) is 0 Å². The fraction of sp³-hybridized carbons (Fsp3) is 0.200. The largest absolute Gasteiger partial charge is 0.366 e. The molecule has 1 saturated heterocycles. The van der Waals surface area contributed by atoms with Crippen molar-refractivity contribution in [1.29, 1.82) is 5.26 Å². The lowest BCUT2D eigenvalue weighted by Crippen LogP contribution is -2.48. The average molecular weight is 401 g/mol. The maximum Gasteiger partial charge on any atom is 0.231 e. The van der Waals surface area contributed by atoms with Crippen LogP contribution >= 0.6 is 23.4 Å². The van der Waals surface area contributed by atoms with E-state index in [2.05, 4.69) is 6.07 Å². The topological polar surface area (TPSA) is 64.3 Å². The average Bonchev–Trinajstić information content (AvgIpc) is 3.02. The number of carbonyl (C=O) groups is 1. The molecule has 136 valence electrons. The Kier molecular flexibility index (Phi) is 4.47. The van der Waals surface area contributed by atoms with Crippen molar-refractivity contribution in [3.63, 3.8) is 0 Å². The third-order valence-electron chi connectivity index (χ3n) is 4.89. The van der Waals surface area contributed by atoms with Crippen molar-refractivity contribution in [2.75, 3.05) is 5.75 Å². The summed E-state index contributed by atoms with van der Waals surface area (Å²) in [6, 6.07) is 14.7. The van der Waals surface area contributed by atoms with Crippen LogP contribution in [0.1, 0.15) is 23.5 Å². The molecule has 27 heavy (non-hydrogen) atoms. The standard InChI is InChI=1S/C20H14ClFN2O2S/c21-14-5-3-13(4-6-14)20(26)11-27-19-17(10-23)16(9-18(25)24(19)20)12-1-7-15(22)8-2-12/h1-8,16,26H,9,11H2/t16-,20+/m0/s1. The predicted molar refractivity (Wildman–Crippen MR) is 101 cm³/mol. The van der Waals surface area contributed by atoms with Crippen molar-refractivity contribution in [2.24, 2.45) is 0 Å². The molecular weight excluding hydrogens is 387 g/mol. The number of hydrogen-bond donors (Lipinski definition) is 1. The molecule has 2 atom stereocenters. The molecule has 0 unspecified atom stereocenters. The van der Waals surface area contributed by atoms with Gasteiger partial charge in [0.1, 0.15) is 5.82 Å². The molecular formula is C20H14ClFN2O2S. The number of benzene rings is 2. The summed E-state index contributed by atoms with van der Waals surface area (Å²) in [4.78, 5) is 14.3.